The Morgan fingerprint density at radius 1 is 1.39 bits per heavy atom. The molecule has 2 heterocycles. The van der Waals surface area contributed by atoms with Gasteiger partial charge in [-0.3, -0.25) is 4.90 Å². The van der Waals surface area contributed by atoms with Gasteiger partial charge in [0.2, 0.25) is 0 Å². The molecule has 0 aliphatic carbocycles. The number of benzene rings is 1. The van der Waals surface area contributed by atoms with Gasteiger partial charge < -0.3 is 14.2 Å². The monoisotopic (exact) mass is 317 g/mol. The predicted molar refractivity (Wildman–Crippen MR) is 87.0 cm³/mol. The maximum atomic E-state index is 5.68. The molecule has 1 aliphatic heterocycles. The Balaban J connectivity index is 1.60. The van der Waals surface area contributed by atoms with Crippen molar-refractivity contribution in [3.8, 4) is 11.4 Å². The van der Waals surface area contributed by atoms with Crippen molar-refractivity contribution in [3.05, 3.63) is 42.2 Å². The first kappa shape index (κ1) is 16.0. The van der Waals surface area contributed by atoms with Crippen LogP contribution in [0.2, 0.25) is 0 Å². The van der Waals surface area contributed by atoms with Crippen LogP contribution in [0.15, 0.2) is 36.7 Å². The zero-order valence-electron chi connectivity index (χ0n) is 13.6. The Bertz CT molecular complexity index is 623. The van der Waals surface area contributed by atoms with Gasteiger partial charge in [-0.05, 0) is 19.2 Å². The number of aromatic nitrogens is 2. The highest BCUT2D eigenvalue weighted by Gasteiger charge is 2.16. The summed E-state index contributed by atoms with van der Waals surface area (Å²) in [5, 5.41) is 4.44. The Hall–Kier alpha value is -1.89. The van der Waals surface area contributed by atoms with Crippen LogP contribution in [-0.4, -0.2) is 61.3 Å². The van der Waals surface area contributed by atoms with Crippen LogP contribution in [0, 0.1) is 0 Å². The van der Waals surface area contributed by atoms with Crippen molar-refractivity contribution >= 4 is 0 Å². The summed E-state index contributed by atoms with van der Waals surface area (Å²) in [6, 6.07) is 7.86. The highest BCUT2D eigenvalue weighted by atomic mass is 16.6. The second-order valence-electron chi connectivity index (χ2n) is 5.76. The number of likely N-dealkylation sites (N-methyl/N-ethyl adjacent to an activating group) is 1. The molecule has 1 aromatic heterocycles. The number of rotatable bonds is 6. The van der Waals surface area contributed by atoms with E-state index in [1.54, 1.807) is 7.11 Å². The molecule has 1 aliphatic rings. The molecular weight excluding hydrogens is 294 g/mol. The van der Waals surface area contributed by atoms with Crippen molar-refractivity contribution in [1.29, 1.82) is 0 Å². The zero-order chi connectivity index (χ0) is 16.1. The van der Waals surface area contributed by atoms with Gasteiger partial charge >= 0.3 is 0 Å². The largest absolute Gasteiger partial charge is 0.497 e. The van der Waals surface area contributed by atoms with E-state index in [4.69, 9.17) is 14.2 Å². The molecule has 0 radical (unpaired) electrons. The third kappa shape index (κ3) is 4.31. The lowest BCUT2D eigenvalue weighted by molar-refractivity contribution is -0.0962. The van der Waals surface area contributed by atoms with Gasteiger partial charge in [-0.1, -0.05) is 6.07 Å². The van der Waals surface area contributed by atoms with E-state index < -0.39 is 0 Å². The lowest BCUT2D eigenvalue weighted by Gasteiger charge is -2.27. The summed E-state index contributed by atoms with van der Waals surface area (Å²) in [4.78, 5) is 2.23. The minimum atomic E-state index is 0.155. The number of ether oxygens (including phenoxy) is 3. The van der Waals surface area contributed by atoms with Gasteiger partial charge in [0, 0.05) is 30.9 Å². The molecule has 0 bridgehead atoms. The zero-order valence-corrected chi connectivity index (χ0v) is 13.6. The summed E-state index contributed by atoms with van der Waals surface area (Å²) in [7, 11) is 3.75. The number of hydrogen-bond donors (Lipinski definition) is 0. The molecule has 1 fully saturated rings. The lowest BCUT2D eigenvalue weighted by Crippen LogP contribution is -2.38. The van der Waals surface area contributed by atoms with Crippen LogP contribution in [0.4, 0.5) is 0 Å². The fraction of sp³-hybridized carbons (Fsp3) is 0.471. The van der Waals surface area contributed by atoms with Crippen molar-refractivity contribution in [1.82, 2.24) is 14.7 Å². The molecule has 0 amide bonds. The Morgan fingerprint density at radius 2 is 2.30 bits per heavy atom. The highest BCUT2D eigenvalue weighted by Crippen LogP contribution is 2.16. The van der Waals surface area contributed by atoms with Crippen molar-refractivity contribution in [2.45, 2.75) is 12.6 Å². The molecule has 0 saturated carbocycles. The van der Waals surface area contributed by atoms with Gasteiger partial charge in [0.25, 0.3) is 0 Å². The molecule has 1 saturated heterocycles. The van der Waals surface area contributed by atoms with Crippen LogP contribution in [0.25, 0.3) is 5.69 Å². The minimum Gasteiger partial charge on any atom is -0.497 e. The molecule has 124 valence electrons. The van der Waals surface area contributed by atoms with E-state index in [0.717, 1.165) is 30.1 Å². The van der Waals surface area contributed by atoms with E-state index in [0.29, 0.717) is 19.8 Å². The quantitative estimate of drug-likeness (QED) is 0.812. The summed E-state index contributed by atoms with van der Waals surface area (Å²) in [5.41, 5.74) is 2.15. The predicted octanol–water partition coefficient (Wildman–Crippen LogP) is 1.73. The lowest BCUT2D eigenvalue weighted by atomic mass is 10.3. The van der Waals surface area contributed by atoms with Crippen LogP contribution < -0.4 is 4.74 Å². The molecule has 0 N–H and O–H groups in total. The smallest absolute Gasteiger partial charge is 0.121 e. The van der Waals surface area contributed by atoms with Crippen molar-refractivity contribution in [2.24, 2.45) is 0 Å². The van der Waals surface area contributed by atoms with Crippen LogP contribution >= 0.6 is 0 Å². The minimum absolute atomic E-state index is 0.155. The van der Waals surface area contributed by atoms with Gasteiger partial charge in [0.1, 0.15) is 5.75 Å². The first-order valence-corrected chi connectivity index (χ1v) is 7.80. The van der Waals surface area contributed by atoms with Crippen molar-refractivity contribution < 1.29 is 14.2 Å². The standard InChI is InChI=1S/C17H23N3O3/c1-19(12-17-13-22-6-7-23-17)10-14-9-18-20(11-14)15-4-3-5-16(8-15)21-2/h3-5,8-9,11,17H,6-7,10,12-13H2,1-2H3. The van der Waals surface area contributed by atoms with Crippen molar-refractivity contribution in [2.75, 3.05) is 40.5 Å². The second-order valence-corrected chi connectivity index (χ2v) is 5.76. The molecule has 1 unspecified atom stereocenters. The van der Waals surface area contributed by atoms with Crippen LogP contribution in [-0.2, 0) is 16.0 Å². The molecule has 3 rings (SSSR count). The molecular formula is C17H23N3O3. The summed E-state index contributed by atoms with van der Waals surface area (Å²) in [6.07, 6.45) is 4.10. The molecule has 6 heteroatoms. The number of hydrogen-bond acceptors (Lipinski definition) is 5. The van der Waals surface area contributed by atoms with Crippen LogP contribution in [0.5, 0.6) is 5.75 Å². The molecule has 0 spiro atoms. The summed E-state index contributed by atoms with van der Waals surface area (Å²) in [6.45, 7) is 3.74. The van der Waals surface area contributed by atoms with Gasteiger partial charge in [-0.2, -0.15) is 5.10 Å². The Kier molecular flexibility index (Phi) is 5.27. The van der Waals surface area contributed by atoms with Gasteiger partial charge in [0.05, 0.1) is 44.9 Å². The van der Waals surface area contributed by atoms with E-state index in [2.05, 4.69) is 17.0 Å². The summed E-state index contributed by atoms with van der Waals surface area (Å²) >= 11 is 0. The highest BCUT2D eigenvalue weighted by molar-refractivity contribution is 5.38. The SMILES string of the molecule is COc1cccc(-n2cc(CN(C)CC3COCCO3)cn2)c1. The molecule has 1 aromatic carbocycles. The summed E-state index contributed by atoms with van der Waals surface area (Å²) < 4.78 is 18.2. The summed E-state index contributed by atoms with van der Waals surface area (Å²) in [5.74, 6) is 0.825. The third-order valence-corrected chi connectivity index (χ3v) is 3.81. The average Bonchev–Trinajstić information content (AvgIpc) is 3.04. The van der Waals surface area contributed by atoms with Gasteiger partial charge in [-0.25, -0.2) is 4.68 Å². The fourth-order valence-electron chi connectivity index (χ4n) is 2.70. The molecule has 2 aromatic rings. The first-order chi connectivity index (χ1) is 11.2. The fourth-order valence-corrected chi connectivity index (χ4v) is 2.70. The van der Waals surface area contributed by atoms with E-state index in [1.807, 2.05) is 41.3 Å². The van der Waals surface area contributed by atoms with Crippen LogP contribution in [0.1, 0.15) is 5.56 Å². The normalized spacial score (nSPS) is 18.3. The van der Waals surface area contributed by atoms with E-state index in [-0.39, 0.29) is 6.10 Å². The topological polar surface area (TPSA) is 48.8 Å². The van der Waals surface area contributed by atoms with E-state index >= 15 is 0 Å². The molecule has 1 atom stereocenters. The van der Waals surface area contributed by atoms with E-state index in [1.165, 1.54) is 0 Å². The molecule has 6 nitrogen and oxygen atoms in total. The first-order valence-electron chi connectivity index (χ1n) is 7.80. The van der Waals surface area contributed by atoms with Crippen molar-refractivity contribution in [3.63, 3.8) is 0 Å². The van der Waals surface area contributed by atoms with Crippen LogP contribution in [0.3, 0.4) is 0 Å². The Labute approximate surface area is 136 Å². The maximum absolute atomic E-state index is 5.68. The van der Waals surface area contributed by atoms with Gasteiger partial charge in [-0.15, -0.1) is 0 Å². The number of methoxy groups -OCH3 is 1. The average molecular weight is 317 g/mol. The second kappa shape index (κ2) is 7.59. The number of nitrogens with zero attached hydrogens (tertiary/aromatic N) is 3. The Morgan fingerprint density at radius 3 is 3.09 bits per heavy atom. The van der Waals surface area contributed by atoms with E-state index in [9.17, 15) is 0 Å². The maximum Gasteiger partial charge on any atom is 0.121 e. The third-order valence-electron chi connectivity index (χ3n) is 3.81. The molecule has 23 heavy (non-hydrogen) atoms. The van der Waals surface area contributed by atoms with Gasteiger partial charge in [0.15, 0.2) is 0 Å².